The zero-order chi connectivity index (χ0) is 26.4. The third-order valence-electron chi connectivity index (χ3n) is 5.55. The summed E-state index contributed by atoms with van der Waals surface area (Å²) in [6.45, 7) is 2.65. The summed E-state index contributed by atoms with van der Waals surface area (Å²) in [5.74, 6) is -0.143. The Labute approximate surface area is 229 Å². The number of rotatable bonds is 8. The van der Waals surface area contributed by atoms with Gasteiger partial charge in [-0.1, -0.05) is 65.3 Å². The van der Waals surface area contributed by atoms with Crippen LogP contribution in [0, 0.1) is 11.3 Å². The predicted octanol–water partition coefficient (Wildman–Crippen LogP) is 6.13. The first-order chi connectivity index (χ1) is 17.9. The smallest absolute Gasteiger partial charge is 0.264 e. The first-order valence-electron chi connectivity index (χ1n) is 11.5. The maximum absolute atomic E-state index is 13.7. The molecule has 0 bridgehead atoms. The summed E-state index contributed by atoms with van der Waals surface area (Å²) in [5, 5.41) is 13.4. The first kappa shape index (κ1) is 26.6. The quantitative estimate of drug-likeness (QED) is 0.268. The number of anilines is 1. The number of amides is 2. The maximum Gasteiger partial charge on any atom is 0.264 e. The Kier molecular flexibility index (Phi) is 8.78. The van der Waals surface area contributed by atoms with E-state index in [9.17, 15) is 14.9 Å². The van der Waals surface area contributed by atoms with Crippen molar-refractivity contribution in [3.05, 3.63) is 105 Å². The largest absolute Gasteiger partial charge is 0.494 e. The van der Waals surface area contributed by atoms with Crippen LogP contribution in [0.3, 0.4) is 0 Å². The van der Waals surface area contributed by atoms with Crippen LogP contribution in [-0.4, -0.2) is 23.7 Å². The lowest BCUT2D eigenvalue weighted by Crippen LogP contribution is -2.32. The molecule has 1 unspecified atom stereocenters. The molecule has 0 radical (unpaired) electrons. The van der Waals surface area contributed by atoms with Crippen molar-refractivity contribution in [1.82, 2.24) is 5.32 Å². The number of nitrogens with zero attached hydrogens (tertiary/aromatic N) is 2. The molecule has 3 aromatic carbocycles. The Bertz CT molecular complexity index is 1350. The molecule has 1 atom stereocenters. The summed E-state index contributed by atoms with van der Waals surface area (Å²) in [6, 6.07) is 23.5. The normalized spacial score (nSPS) is 16.3. The standard InChI is InChI=1S/C28H23Cl2N3O3S/c1-2-36-23-10-8-22(9-11-23)33-27(35)25(14-19-12-20(29)15-21(30)13-19)37-28(33)24(16-31)26(34)32-17-18-6-4-3-5-7-18/h3-13,15,25H,2,14,17H2,1H3,(H,32,34)/b28-24-. The van der Waals surface area contributed by atoms with Gasteiger partial charge in [-0.15, -0.1) is 0 Å². The number of thioether (sulfide) groups is 1. The first-order valence-corrected chi connectivity index (χ1v) is 13.2. The minimum Gasteiger partial charge on any atom is -0.494 e. The van der Waals surface area contributed by atoms with Gasteiger partial charge in [-0.2, -0.15) is 5.26 Å². The molecule has 9 heteroatoms. The van der Waals surface area contributed by atoms with Crippen LogP contribution in [0.1, 0.15) is 18.1 Å². The molecule has 1 aliphatic heterocycles. The molecule has 3 aromatic rings. The van der Waals surface area contributed by atoms with Crippen LogP contribution in [0.5, 0.6) is 5.75 Å². The van der Waals surface area contributed by atoms with Gasteiger partial charge in [0.15, 0.2) is 0 Å². The van der Waals surface area contributed by atoms with Gasteiger partial charge in [-0.3, -0.25) is 14.5 Å². The van der Waals surface area contributed by atoms with E-state index in [0.717, 1.165) is 11.1 Å². The highest BCUT2D eigenvalue weighted by Gasteiger charge is 2.40. The Morgan fingerprint density at radius 3 is 2.35 bits per heavy atom. The van der Waals surface area contributed by atoms with Crippen LogP contribution in [-0.2, 0) is 22.6 Å². The van der Waals surface area contributed by atoms with Crippen molar-refractivity contribution in [2.45, 2.75) is 25.1 Å². The van der Waals surface area contributed by atoms with E-state index < -0.39 is 11.2 Å². The average molecular weight is 552 g/mol. The van der Waals surface area contributed by atoms with Crippen LogP contribution < -0.4 is 15.0 Å². The molecule has 1 fully saturated rings. The Balaban J connectivity index is 1.68. The molecular formula is C28H23Cl2N3O3S. The number of hydrogen-bond donors (Lipinski definition) is 1. The van der Waals surface area contributed by atoms with Gasteiger partial charge in [0.05, 0.1) is 11.9 Å². The van der Waals surface area contributed by atoms with Crippen LogP contribution in [0.15, 0.2) is 83.4 Å². The Morgan fingerprint density at radius 1 is 1.05 bits per heavy atom. The highest BCUT2D eigenvalue weighted by molar-refractivity contribution is 8.05. The third kappa shape index (κ3) is 6.47. The van der Waals surface area contributed by atoms with Crippen molar-refractivity contribution < 1.29 is 14.3 Å². The fourth-order valence-corrected chi connectivity index (χ4v) is 5.77. The second kappa shape index (κ2) is 12.2. The number of ether oxygens (including phenoxy) is 1. The minimum atomic E-state index is -0.582. The molecule has 0 aromatic heterocycles. The van der Waals surface area contributed by atoms with E-state index in [1.165, 1.54) is 16.7 Å². The van der Waals surface area contributed by atoms with Gasteiger partial charge in [0, 0.05) is 22.3 Å². The molecular weight excluding hydrogens is 529 g/mol. The van der Waals surface area contributed by atoms with Crippen molar-refractivity contribution in [3.8, 4) is 11.8 Å². The van der Waals surface area contributed by atoms with Crippen LogP contribution in [0.4, 0.5) is 5.69 Å². The van der Waals surface area contributed by atoms with E-state index in [2.05, 4.69) is 5.32 Å². The molecule has 0 aliphatic carbocycles. The second-order valence-corrected chi connectivity index (χ2v) is 10.2. The minimum absolute atomic E-state index is 0.130. The summed E-state index contributed by atoms with van der Waals surface area (Å²) in [6.07, 6.45) is 0.325. The molecule has 1 heterocycles. The SMILES string of the molecule is CCOc1ccc(N2C(=O)C(Cc3cc(Cl)cc(Cl)c3)S/C2=C(/C#N)C(=O)NCc2ccccc2)cc1. The number of nitriles is 1. The average Bonchev–Trinajstić information content (AvgIpc) is 3.19. The maximum atomic E-state index is 13.7. The number of carbonyl (C=O) groups excluding carboxylic acids is 2. The van der Waals surface area contributed by atoms with Gasteiger partial charge in [-0.05, 0) is 66.9 Å². The van der Waals surface area contributed by atoms with Gasteiger partial charge in [-0.25, -0.2) is 0 Å². The summed E-state index contributed by atoms with van der Waals surface area (Å²) in [5.41, 5.74) is 2.08. The Hall–Kier alpha value is -3.44. The van der Waals surface area contributed by atoms with Crippen LogP contribution >= 0.6 is 35.0 Å². The summed E-state index contributed by atoms with van der Waals surface area (Å²) in [4.78, 5) is 28.2. The van der Waals surface area contributed by atoms with E-state index in [4.69, 9.17) is 27.9 Å². The van der Waals surface area contributed by atoms with Crippen molar-refractivity contribution in [1.29, 1.82) is 5.26 Å². The highest BCUT2D eigenvalue weighted by atomic mass is 35.5. The summed E-state index contributed by atoms with van der Waals surface area (Å²) in [7, 11) is 0. The van der Waals surface area contributed by atoms with E-state index in [0.29, 0.717) is 34.5 Å². The lowest BCUT2D eigenvalue weighted by molar-refractivity contribution is -0.117. The molecule has 188 valence electrons. The van der Waals surface area contributed by atoms with Gasteiger partial charge in [0.1, 0.15) is 22.4 Å². The molecule has 1 saturated heterocycles. The molecule has 4 rings (SSSR count). The monoisotopic (exact) mass is 551 g/mol. The van der Waals surface area contributed by atoms with E-state index in [1.54, 1.807) is 42.5 Å². The van der Waals surface area contributed by atoms with Gasteiger partial charge < -0.3 is 10.1 Å². The van der Waals surface area contributed by atoms with E-state index in [-0.39, 0.29) is 23.1 Å². The fourth-order valence-electron chi connectivity index (χ4n) is 3.89. The molecule has 2 amide bonds. The fraction of sp³-hybridized carbons (Fsp3) is 0.179. The number of carbonyl (C=O) groups is 2. The second-order valence-electron chi connectivity index (χ2n) is 8.15. The molecule has 0 spiro atoms. The third-order valence-corrected chi connectivity index (χ3v) is 7.25. The van der Waals surface area contributed by atoms with Crippen molar-refractivity contribution in [2.75, 3.05) is 11.5 Å². The molecule has 6 nitrogen and oxygen atoms in total. The highest BCUT2D eigenvalue weighted by Crippen LogP contribution is 2.42. The van der Waals surface area contributed by atoms with E-state index >= 15 is 0 Å². The van der Waals surface area contributed by atoms with Gasteiger partial charge in [0.25, 0.3) is 5.91 Å². The lowest BCUT2D eigenvalue weighted by atomic mass is 10.1. The number of benzene rings is 3. The molecule has 0 saturated carbocycles. The lowest BCUT2D eigenvalue weighted by Gasteiger charge is -2.19. The zero-order valence-electron chi connectivity index (χ0n) is 19.9. The van der Waals surface area contributed by atoms with Gasteiger partial charge >= 0.3 is 0 Å². The number of halogens is 2. The van der Waals surface area contributed by atoms with Crippen molar-refractivity contribution in [2.24, 2.45) is 0 Å². The van der Waals surface area contributed by atoms with Crippen LogP contribution in [0.25, 0.3) is 0 Å². The number of hydrogen-bond acceptors (Lipinski definition) is 5. The summed E-state index contributed by atoms with van der Waals surface area (Å²) >= 11 is 13.5. The van der Waals surface area contributed by atoms with Crippen molar-refractivity contribution in [3.63, 3.8) is 0 Å². The molecule has 37 heavy (non-hydrogen) atoms. The predicted molar refractivity (Wildman–Crippen MR) is 148 cm³/mol. The Morgan fingerprint density at radius 2 is 1.73 bits per heavy atom. The van der Waals surface area contributed by atoms with Crippen molar-refractivity contribution >= 4 is 52.5 Å². The van der Waals surface area contributed by atoms with Gasteiger partial charge in [0.2, 0.25) is 5.91 Å². The van der Waals surface area contributed by atoms with E-state index in [1.807, 2.05) is 43.3 Å². The summed E-state index contributed by atoms with van der Waals surface area (Å²) < 4.78 is 5.52. The molecule has 1 N–H and O–H groups in total. The zero-order valence-corrected chi connectivity index (χ0v) is 22.2. The topological polar surface area (TPSA) is 82.4 Å². The van der Waals surface area contributed by atoms with Crippen LogP contribution in [0.2, 0.25) is 10.0 Å². The number of nitrogens with one attached hydrogen (secondary N) is 1. The molecule has 1 aliphatic rings.